The van der Waals surface area contributed by atoms with Crippen molar-refractivity contribution < 1.29 is 19.1 Å². The van der Waals surface area contributed by atoms with E-state index in [9.17, 15) is 9.59 Å². The summed E-state index contributed by atoms with van der Waals surface area (Å²) in [6.07, 6.45) is 1.51. The zero-order chi connectivity index (χ0) is 18.4. The third-order valence-electron chi connectivity index (χ3n) is 3.87. The molecule has 1 aliphatic heterocycles. The van der Waals surface area contributed by atoms with E-state index in [0.29, 0.717) is 19.6 Å². The van der Waals surface area contributed by atoms with Gasteiger partial charge < -0.3 is 19.7 Å². The Hall–Kier alpha value is -2.15. The van der Waals surface area contributed by atoms with Crippen molar-refractivity contribution in [3.8, 4) is 0 Å². The third kappa shape index (κ3) is 6.01. The van der Waals surface area contributed by atoms with Gasteiger partial charge >= 0.3 is 6.09 Å². The molecule has 0 aromatic carbocycles. The van der Waals surface area contributed by atoms with Gasteiger partial charge in [-0.2, -0.15) is 0 Å². The maximum atomic E-state index is 12.7. The van der Waals surface area contributed by atoms with Crippen molar-refractivity contribution in [1.82, 2.24) is 15.2 Å². The van der Waals surface area contributed by atoms with Crippen LogP contribution in [0.25, 0.3) is 0 Å². The summed E-state index contributed by atoms with van der Waals surface area (Å²) in [5.74, 6) is -0.275. The number of nitrogens with one attached hydrogen (secondary N) is 1. The van der Waals surface area contributed by atoms with Crippen molar-refractivity contribution in [2.75, 3.05) is 20.2 Å². The number of carbonyl (C=O) groups is 2. The highest BCUT2D eigenvalue weighted by molar-refractivity contribution is 5.79. The van der Waals surface area contributed by atoms with Crippen molar-refractivity contribution in [2.24, 2.45) is 5.92 Å². The van der Waals surface area contributed by atoms with Crippen LogP contribution in [0.15, 0.2) is 24.4 Å². The summed E-state index contributed by atoms with van der Waals surface area (Å²) in [5, 5.41) is 2.69. The van der Waals surface area contributed by atoms with Crippen LogP contribution < -0.4 is 5.32 Å². The first-order valence-corrected chi connectivity index (χ1v) is 8.49. The fraction of sp³-hybridized carbons (Fsp3) is 0.611. The molecule has 1 aromatic rings. The number of nitrogens with zero attached hydrogens (tertiary/aromatic N) is 2. The molecular weight excluding hydrogens is 322 g/mol. The molecule has 7 heteroatoms. The number of amides is 2. The smallest absolute Gasteiger partial charge is 0.407 e. The van der Waals surface area contributed by atoms with Gasteiger partial charge in [-0.25, -0.2) is 4.79 Å². The zero-order valence-corrected chi connectivity index (χ0v) is 15.3. The molecule has 25 heavy (non-hydrogen) atoms. The van der Waals surface area contributed by atoms with Crippen LogP contribution in [-0.2, 0) is 20.8 Å². The number of aromatic nitrogens is 1. The van der Waals surface area contributed by atoms with Gasteiger partial charge in [-0.3, -0.25) is 9.78 Å². The average Bonchev–Trinajstić information content (AvgIpc) is 3.00. The van der Waals surface area contributed by atoms with Crippen molar-refractivity contribution in [2.45, 2.75) is 45.4 Å². The summed E-state index contributed by atoms with van der Waals surface area (Å²) in [4.78, 5) is 30.4. The van der Waals surface area contributed by atoms with Gasteiger partial charge in [0.2, 0.25) is 5.91 Å². The summed E-state index contributed by atoms with van der Waals surface area (Å²) in [5.41, 5.74) is 0.277. The lowest BCUT2D eigenvalue weighted by Crippen LogP contribution is -2.43. The Morgan fingerprint density at radius 3 is 2.80 bits per heavy atom. The zero-order valence-electron chi connectivity index (χ0n) is 15.3. The quantitative estimate of drug-likeness (QED) is 0.879. The van der Waals surface area contributed by atoms with Gasteiger partial charge in [-0.05, 0) is 39.3 Å². The normalized spacial score (nSPS) is 20.2. The van der Waals surface area contributed by atoms with E-state index in [0.717, 1.165) is 5.69 Å². The minimum atomic E-state index is -0.557. The van der Waals surface area contributed by atoms with Crippen LogP contribution in [0.2, 0.25) is 0 Å². The number of alkyl carbamates (subject to hydrolysis) is 1. The predicted molar refractivity (Wildman–Crippen MR) is 92.8 cm³/mol. The van der Waals surface area contributed by atoms with Crippen molar-refractivity contribution in [3.05, 3.63) is 30.1 Å². The Morgan fingerprint density at radius 2 is 2.16 bits per heavy atom. The maximum Gasteiger partial charge on any atom is 0.407 e. The first kappa shape index (κ1) is 19.2. The summed E-state index contributed by atoms with van der Waals surface area (Å²) in [6, 6.07) is 5.62. The van der Waals surface area contributed by atoms with Gasteiger partial charge in [0, 0.05) is 26.4 Å². The molecule has 1 saturated heterocycles. The number of hydrogen-bond donors (Lipinski definition) is 1. The second-order valence-corrected chi connectivity index (χ2v) is 7.20. The first-order valence-electron chi connectivity index (χ1n) is 8.49. The van der Waals surface area contributed by atoms with Crippen LogP contribution in [0.4, 0.5) is 4.79 Å². The highest BCUT2D eigenvalue weighted by atomic mass is 16.6. The summed E-state index contributed by atoms with van der Waals surface area (Å²) in [6.45, 7) is 6.62. The first-order chi connectivity index (χ1) is 11.8. The molecule has 2 amide bonds. The molecule has 7 nitrogen and oxygen atoms in total. The van der Waals surface area contributed by atoms with E-state index >= 15 is 0 Å². The Morgan fingerprint density at radius 1 is 1.40 bits per heavy atom. The topological polar surface area (TPSA) is 80.8 Å². The molecule has 1 aromatic heterocycles. The lowest BCUT2D eigenvalue weighted by atomic mass is 9.99. The second kappa shape index (κ2) is 8.29. The van der Waals surface area contributed by atoms with Crippen LogP contribution in [0.5, 0.6) is 0 Å². The Kier molecular flexibility index (Phi) is 6.36. The number of rotatable bonds is 5. The number of pyridine rings is 1. The molecule has 0 radical (unpaired) electrons. The maximum absolute atomic E-state index is 12.7. The monoisotopic (exact) mass is 349 g/mol. The van der Waals surface area contributed by atoms with E-state index in [4.69, 9.17) is 9.47 Å². The minimum Gasteiger partial charge on any atom is -0.444 e. The third-order valence-corrected chi connectivity index (χ3v) is 3.87. The molecule has 0 unspecified atom stereocenters. The van der Waals surface area contributed by atoms with Gasteiger partial charge in [0.1, 0.15) is 5.60 Å². The van der Waals surface area contributed by atoms with E-state index in [1.165, 1.54) is 0 Å². The number of ether oxygens (including phenoxy) is 2. The van der Waals surface area contributed by atoms with Gasteiger partial charge in [0.25, 0.3) is 0 Å². The number of hydrogen-bond acceptors (Lipinski definition) is 5. The van der Waals surface area contributed by atoms with Crippen molar-refractivity contribution in [3.63, 3.8) is 0 Å². The minimum absolute atomic E-state index is 0.000795. The van der Waals surface area contributed by atoms with Crippen LogP contribution in [0, 0.1) is 5.92 Å². The molecule has 0 saturated carbocycles. The molecule has 1 fully saturated rings. The van der Waals surface area contributed by atoms with Gasteiger partial charge in [0.15, 0.2) is 0 Å². The van der Waals surface area contributed by atoms with E-state index in [-0.39, 0.29) is 24.5 Å². The van der Waals surface area contributed by atoms with Gasteiger partial charge in [-0.15, -0.1) is 0 Å². The highest BCUT2D eigenvalue weighted by Crippen LogP contribution is 2.23. The van der Waals surface area contributed by atoms with E-state index in [1.807, 2.05) is 18.2 Å². The largest absolute Gasteiger partial charge is 0.444 e. The Labute approximate surface area is 148 Å². The summed E-state index contributed by atoms with van der Waals surface area (Å²) >= 11 is 0. The fourth-order valence-corrected chi connectivity index (χ4v) is 2.73. The molecule has 0 bridgehead atoms. The molecule has 0 aliphatic carbocycles. The lowest BCUT2D eigenvalue weighted by Gasteiger charge is -2.25. The Balaban J connectivity index is 1.87. The summed E-state index contributed by atoms with van der Waals surface area (Å²) < 4.78 is 10.8. The van der Waals surface area contributed by atoms with E-state index in [1.54, 1.807) is 38.9 Å². The van der Waals surface area contributed by atoms with Crippen LogP contribution in [-0.4, -0.2) is 53.8 Å². The lowest BCUT2D eigenvalue weighted by molar-refractivity contribution is -0.136. The van der Waals surface area contributed by atoms with Crippen molar-refractivity contribution in [1.29, 1.82) is 0 Å². The van der Waals surface area contributed by atoms with Gasteiger partial charge in [-0.1, -0.05) is 6.07 Å². The van der Waals surface area contributed by atoms with E-state index in [2.05, 4.69) is 10.3 Å². The molecule has 1 aliphatic rings. The SMILES string of the molecule is CN(Cc1ccccn1)C(=O)[C@@H]1CCO[C@H]1CNC(=O)OC(C)(C)C. The molecule has 2 rings (SSSR count). The van der Waals surface area contributed by atoms with Crippen LogP contribution >= 0.6 is 0 Å². The molecule has 2 heterocycles. The second-order valence-electron chi connectivity index (χ2n) is 7.20. The molecular formula is C18H27N3O4. The van der Waals surface area contributed by atoms with Crippen LogP contribution in [0.1, 0.15) is 32.9 Å². The van der Waals surface area contributed by atoms with Gasteiger partial charge in [0.05, 0.1) is 24.3 Å². The molecule has 2 atom stereocenters. The molecule has 1 N–H and O–H groups in total. The van der Waals surface area contributed by atoms with Crippen LogP contribution in [0.3, 0.4) is 0 Å². The van der Waals surface area contributed by atoms with E-state index < -0.39 is 11.7 Å². The Bertz CT molecular complexity index is 586. The molecule has 0 spiro atoms. The average molecular weight is 349 g/mol. The highest BCUT2D eigenvalue weighted by Gasteiger charge is 2.36. The standard InChI is InChI=1S/C18H27N3O4/c1-18(2,3)25-17(23)20-11-15-14(8-10-24-15)16(22)21(4)12-13-7-5-6-9-19-13/h5-7,9,14-15H,8,10-12H2,1-4H3,(H,20,23)/t14-,15+/m1/s1. The molecule has 138 valence electrons. The summed E-state index contributed by atoms with van der Waals surface area (Å²) in [7, 11) is 1.76. The predicted octanol–water partition coefficient (Wildman–Crippen LogP) is 1.97. The van der Waals surface area contributed by atoms with Crippen molar-refractivity contribution >= 4 is 12.0 Å². The fourth-order valence-electron chi connectivity index (χ4n) is 2.73. The number of carbonyl (C=O) groups excluding carboxylic acids is 2.